The standard InChI is InChI=1S/C23H21ClF3N5O2/c1-34-20-5-3-2-4-16(20)18-8-9-21(30-29-18)31-10-12-32(13-11-31)22(33)28-19-14-15(23(25,26)27)6-7-17(19)24/h2-9,14H,10-13H2,1H3,(H,28,33). The summed E-state index contributed by atoms with van der Waals surface area (Å²) in [5.74, 6) is 1.37. The Kier molecular flexibility index (Phi) is 6.78. The van der Waals surface area contributed by atoms with Crippen LogP contribution in [0.2, 0.25) is 5.02 Å². The van der Waals surface area contributed by atoms with Crippen LogP contribution in [0.5, 0.6) is 5.75 Å². The van der Waals surface area contributed by atoms with Crippen molar-refractivity contribution in [2.24, 2.45) is 0 Å². The van der Waals surface area contributed by atoms with E-state index in [0.717, 1.165) is 23.8 Å². The molecule has 0 atom stereocenters. The summed E-state index contributed by atoms with van der Waals surface area (Å²) in [6.07, 6.45) is -4.53. The van der Waals surface area contributed by atoms with Crippen molar-refractivity contribution in [3.05, 3.63) is 65.2 Å². The number of halogens is 4. The molecule has 0 saturated carbocycles. The maximum Gasteiger partial charge on any atom is 0.416 e. The molecule has 1 N–H and O–H groups in total. The Morgan fingerprint density at radius 2 is 1.76 bits per heavy atom. The van der Waals surface area contributed by atoms with Gasteiger partial charge in [-0.2, -0.15) is 13.2 Å². The molecule has 1 fully saturated rings. The molecule has 0 aliphatic carbocycles. The number of nitrogens with zero attached hydrogens (tertiary/aromatic N) is 4. The molecule has 1 saturated heterocycles. The third-order valence-electron chi connectivity index (χ3n) is 5.46. The average molecular weight is 492 g/mol. The van der Waals surface area contributed by atoms with Gasteiger partial charge in [-0.05, 0) is 42.5 Å². The minimum Gasteiger partial charge on any atom is -0.496 e. The molecule has 1 aliphatic rings. The second-order valence-electron chi connectivity index (χ2n) is 7.57. The quantitative estimate of drug-likeness (QED) is 0.544. The molecule has 3 aromatic rings. The zero-order chi connectivity index (χ0) is 24.3. The molecule has 0 radical (unpaired) electrons. The fourth-order valence-corrected chi connectivity index (χ4v) is 3.79. The maximum absolute atomic E-state index is 13.0. The zero-order valence-corrected chi connectivity index (χ0v) is 18.9. The Morgan fingerprint density at radius 1 is 1.03 bits per heavy atom. The first-order valence-electron chi connectivity index (χ1n) is 10.4. The second kappa shape index (κ2) is 9.76. The van der Waals surface area contributed by atoms with E-state index in [9.17, 15) is 18.0 Å². The molecule has 0 bridgehead atoms. The van der Waals surface area contributed by atoms with E-state index in [2.05, 4.69) is 15.5 Å². The van der Waals surface area contributed by atoms with E-state index in [0.29, 0.717) is 43.4 Å². The first-order chi connectivity index (χ1) is 16.3. The second-order valence-corrected chi connectivity index (χ2v) is 7.98. The number of aromatic nitrogens is 2. The summed E-state index contributed by atoms with van der Waals surface area (Å²) >= 11 is 5.98. The van der Waals surface area contributed by atoms with Crippen LogP contribution in [0.3, 0.4) is 0 Å². The molecular weight excluding hydrogens is 471 g/mol. The molecule has 1 aliphatic heterocycles. The topological polar surface area (TPSA) is 70.6 Å². The molecule has 178 valence electrons. The summed E-state index contributed by atoms with van der Waals surface area (Å²) in [7, 11) is 1.59. The zero-order valence-electron chi connectivity index (χ0n) is 18.1. The first kappa shape index (κ1) is 23.6. The first-order valence-corrected chi connectivity index (χ1v) is 10.8. The molecule has 2 heterocycles. The predicted molar refractivity (Wildman–Crippen MR) is 123 cm³/mol. The summed E-state index contributed by atoms with van der Waals surface area (Å²) in [5.41, 5.74) is 0.546. The van der Waals surface area contributed by atoms with Gasteiger partial charge in [-0.25, -0.2) is 4.79 Å². The van der Waals surface area contributed by atoms with Gasteiger partial charge in [0, 0.05) is 31.7 Å². The summed E-state index contributed by atoms with van der Waals surface area (Å²) in [6, 6.07) is 13.5. The summed E-state index contributed by atoms with van der Waals surface area (Å²) < 4.78 is 44.3. The number of piperazine rings is 1. The largest absolute Gasteiger partial charge is 0.496 e. The van der Waals surface area contributed by atoms with Crippen LogP contribution in [0.25, 0.3) is 11.3 Å². The monoisotopic (exact) mass is 491 g/mol. The molecule has 0 unspecified atom stereocenters. The number of para-hydroxylation sites is 1. The van der Waals surface area contributed by atoms with Crippen LogP contribution in [0, 0.1) is 0 Å². The Labute approximate surface area is 199 Å². The number of carbonyl (C=O) groups is 1. The molecule has 7 nitrogen and oxygen atoms in total. The van der Waals surface area contributed by atoms with Gasteiger partial charge in [0.05, 0.1) is 29.1 Å². The summed E-state index contributed by atoms with van der Waals surface area (Å²) in [5, 5.41) is 11.1. The molecule has 2 amide bonds. The van der Waals surface area contributed by atoms with Crippen molar-refractivity contribution in [1.82, 2.24) is 15.1 Å². The minimum atomic E-state index is -4.53. The molecule has 0 spiro atoms. The third-order valence-corrected chi connectivity index (χ3v) is 5.79. The molecule has 11 heteroatoms. The number of urea groups is 1. The SMILES string of the molecule is COc1ccccc1-c1ccc(N2CCN(C(=O)Nc3cc(C(F)(F)F)ccc3Cl)CC2)nn1. The molecule has 2 aromatic carbocycles. The summed E-state index contributed by atoms with van der Waals surface area (Å²) in [6.45, 7) is 1.70. The van der Waals surface area contributed by atoms with E-state index in [1.807, 2.05) is 41.3 Å². The normalized spacial score (nSPS) is 14.1. The van der Waals surface area contributed by atoms with Crippen molar-refractivity contribution in [3.63, 3.8) is 0 Å². The van der Waals surface area contributed by atoms with E-state index in [4.69, 9.17) is 16.3 Å². The van der Waals surface area contributed by atoms with Gasteiger partial charge in [0.25, 0.3) is 0 Å². The van der Waals surface area contributed by atoms with Gasteiger partial charge in [0.2, 0.25) is 0 Å². The van der Waals surface area contributed by atoms with Gasteiger partial charge < -0.3 is 19.9 Å². The van der Waals surface area contributed by atoms with E-state index >= 15 is 0 Å². The van der Waals surface area contributed by atoms with Crippen LogP contribution in [0.15, 0.2) is 54.6 Å². The fourth-order valence-electron chi connectivity index (χ4n) is 3.62. The fraction of sp³-hybridized carbons (Fsp3) is 0.261. The van der Waals surface area contributed by atoms with Gasteiger partial charge in [-0.1, -0.05) is 23.7 Å². The number of hydrogen-bond donors (Lipinski definition) is 1. The number of nitrogens with one attached hydrogen (secondary N) is 1. The Morgan fingerprint density at radius 3 is 2.41 bits per heavy atom. The number of amides is 2. The van der Waals surface area contributed by atoms with Gasteiger partial charge in [0.1, 0.15) is 5.75 Å². The number of carbonyl (C=O) groups excluding carboxylic acids is 1. The van der Waals surface area contributed by atoms with E-state index < -0.39 is 17.8 Å². The number of methoxy groups -OCH3 is 1. The van der Waals surface area contributed by atoms with Crippen molar-refractivity contribution in [2.75, 3.05) is 43.5 Å². The predicted octanol–water partition coefficient (Wildman–Crippen LogP) is 5.18. The van der Waals surface area contributed by atoms with Crippen LogP contribution in [-0.4, -0.2) is 54.4 Å². The Bertz CT molecular complexity index is 1170. The lowest BCUT2D eigenvalue weighted by Gasteiger charge is -2.35. The number of rotatable bonds is 4. The highest BCUT2D eigenvalue weighted by atomic mass is 35.5. The molecule has 4 rings (SSSR count). The van der Waals surface area contributed by atoms with Crippen LogP contribution in [0.4, 0.5) is 29.5 Å². The van der Waals surface area contributed by atoms with Crippen molar-refractivity contribution >= 4 is 29.1 Å². The lowest BCUT2D eigenvalue weighted by Crippen LogP contribution is -2.50. The highest BCUT2D eigenvalue weighted by Gasteiger charge is 2.31. The van der Waals surface area contributed by atoms with Crippen molar-refractivity contribution in [3.8, 4) is 17.0 Å². The highest BCUT2D eigenvalue weighted by Crippen LogP contribution is 2.34. The van der Waals surface area contributed by atoms with E-state index in [1.54, 1.807) is 7.11 Å². The van der Waals surface area contributed by atoms with Gasteiger partial charge in [-0.3, -0.25) is 0 Å². The lowest BCUT2D eigenvalue weighted by molar-refractivity contribution is -0.137. The number of hydrogen-bond acceptors (Lipinski definition) is 5. The van der Waals surface area contributed by atoms with Gasteiger partial charge >= 0.3 is 12.2 Å². The smallest absolute Gasteiger partial charge is 0.416 e. The number of ether oxygens (including phenoxy) is 1. The highest BCUT2D eigenvalue weighted by molar-refractivity contribution is 6.33. The van der Waals surface area contributed by atoms with Crippen LogP contribution < -0.4 is 15.0 Å². The minimum absolute atomic E-state index is 0.0328. The number of benzene rings is 2. The number of anilines is 2. The third kappa shape index (κ3) is 5.17. The number of alkyl halides is 3. The van der Waals surface area contributed by atoms with E-state index in [1.165, 1.54) is 4.90 Å². The Hall–Kier alpha value is -3.53. The van der Waals surface area contributed by atoms with Crippen molar-refractivity contribution in [2.45, 2.75) is 6.18 Å². The van der Waals surface area contributed by atoms with Crippen LogP contribution >= 0.6 is 11.6 Å². The lowest BCUT2D eigenvalue weighted by atomic mass is 10.1. The maximum atomic E-state index is 13.0. The average Bonchev–Trinajstić information content (AvgIpc) is 2.85. The molecular formula is C23H21ClF3N5O2. The van der Waals surface area contributed by atoms with Crippen LogP contribution in [0.1, 0.15) is 5.56 Å². The van der Waals surface area contributed by atoms with Crippen molar-refractivity contribution in [1.29, 1.82) is 0 Å². The van der Waals surface area contributed by atoms with Crippen LogP contribution in [-0.2, 0) is 6.18 Å². The Balaban J connectivity index is 1.38. The van der Waals surface area contributed by atoms with Gasteiger partial charge in [0.15, 0.2) is 5.82 Å². The van der Waals surface area contributed by atoms with Crippen molar-refractivity contribution < 1.29 is 22.7 Å². The van der Waals surface area contributed by atoms with E-state index in [-0.39, 0.29) is 10.7 Å². The summed E-state index contributed by atoms with van der Waals surface area (Å²) in [4.78, 5) is 16.1. The van der Waals surface area contributed by atoms with Gasteiger partial charge in [-0.15, -0.1) is 10.2 Å². The molecule has 1 aromatic heterocycles. The molecule has 34 heavy (non-hydrogen) atoms.